The van der Waals surface area contributed by atoms with Crippen LogP contribution in [0.2, 0.25) is 10.3 Å². The SMILES string of the molecule is Nc1c(Cl)nc(N2CC(S(=O)(=O)F)CC2=O)nc1Cl. The van der Waals surface area contributed by atoms with E-state index in [0.29, 0.717) is 0 Å². The van der Waals surface area contributed by atoms with Gasteiger partial charge in [-0.1, -0.05) is 23.2 Å². The third kappa shape index (κ3) is 2.72. The summed E-state index contributed by atoms with van der Waals surface area (Å²) in [5.74, 6) is -0.844. The standard InChI is InChI=1S/C8H7Cl2FN4O3S/c9-6-5(12)7(10)14-8(13-6)15-2-3(1-4(15)16)19(11,17)18/h3H,1-2,12H2. The molecule has 1 amide bonds. The van der Waals surface area contributed by atoms with E-state index in [2.05, 4.69) is 9.97 Å². The molecule has 1 atom stereocenters. The highest BCUT2D eigenvalue weighted by atomic mass is 35.5. The van der Waals surface area contributed by atoms with E-state index >= 15 is 0 Å². The molecule has 0 aliphatic carbocycles. The maximum absolute atomic E-state index is 12.9. The molecule has 1 aromatic rings. The second-order valence-electron chi connectivity index (χ2n) is 3.82. The molecule has 1 fully saturated rings. The Balaban J connectivity index is 2.36. The number of hydrogen-bond donors (Lipinski definition) is 1. The third-order valence-corrected chi connectivity index (χ3v) is 4.26. The summed E-state index contributed by atoms with van der Waals surface area (Å²) in [4.78, 5) is 20.0. The number of carbonyl (C=O) groups excluding carboxylic acids is 1. The number of hydrogen-bond acceptors (Lipinski definition) is 6. The van der Waals surface area contributed by atoms with Crippen molar-refractivity contribution in [3.05, 3.63) is 10.3 Å². The number of halogens is 3. The molecule has 1 aliphatic rings. The van der Waals surface area contributed by atoms with Crippen LogP contribution in [-0.4, -0.2) is 36.1 Å². The Morgan fingerprint density at radius 2 is 1.84 bits per heavy atom. The number of anilines is 2. The summed E-state index contributed by atoms with van der Waals surface area (Å²) < 4.78 is 34.4. The maximum Gasteiger partial charge on any atom is 0.307 e. The summed E-state index contributed by atoms with van der Waals surface area (Å²) in [5, 5.41) is -1.79. The molecular weight excluding hydrogens is 322 g/mol. The Kier molecular flexibility index (Phi) is 3.54. The van der Waals surface area contributed by atoms with Crippen molar-refractivity contribution in [1.82, 2.24) is 9.97 Å². The molecule has 0 bridgehead atoms. The van der Waals surface area contributed by atoms with Crippen LogP contribution in [0.3, 0.4) is 0 Å². The van der Waals surface area contributed by atoms with Gasteiger partial charge in [0.05, 0.1) is 0 Å². The van der Waals surface area contributed by atoms with Gasteiger partial charge in [0.1, 0.15) is 10.9 Å². The Morgan fingerprint density at radius 3 is 2.26 bits per heavy atom. The largest absolute Gasteiger partial charge is 0.394 e. The lowest BCUT2D eigenvalue weighted by atomic mass is 10.4. The van der Waals surface area contributed by atoms with Crippen molar-refractivity contribution in [3.63, 3.8) is 0 Å². The van der Waals surface area contributed by atoms with Crippen LogP contribution in [0.1, 0.15) is 6.42 Å². The van der Waals surface area contributed by atoms with Gasteiger partial charge in [0.25, 0.3) is 0 Å². The molecule has 2 rings (SSSR count). The monoisotopic (exact) mass is 328 g/mol. The van der Waals surface area contributed by atoms with Crippen LogP contribution in [0.4, 0.5) is 15.5 Å². The van der Waals surface area contributed by atoms with E-state index in [4.69, 9.17) is 28.9 Å². The predicted molar refractivity (Wildman–Crippen MR) is 67.3 cm³/mol. The molecule has 0 aromatic carbocycles. The zero-order valence-electron chi connectivity index (χ0n) is 9.18. The smallest absolute Gasteiger partial charge is 0.307 e. The van der Waals surface area contributed by atoms with Crippen LogP contribution in [-0.2, 0) is 15.0 Å². The first-order valence-electron chi connectivity index (χ1n) is 4.92. The van der Waals surface area contributed by atoms with Crippen LogP contribution in [0.15, 0.2) is 0 Å². The van der Waals surface area contributed by atoms with Gasteiger partial charge in [0.2, 0.25) is 11.9 Å². The molecule has 0 saturated carbocycles. The Labute approximate surface area is 117 Å². The first kappa shape index (κ1) is 14.2. The van der Waals surface area contributed by atoms with Crippen molar-refractivity contribution in [2.24, 2.45) is 0 Å². The molecule has 1 aromatic heterocycles. The molecule has 1 saturated heterocycles. The second-order valence-corrected chi connectivity index (χ2v) is 6.16. The molecule has 19 heavy (non-hydrogen) atoms. The van der Waals surface area contributed by atoms with Crippen molar-refractivity contribution < 1.29 is 17.1 Å². The summed E-state index contributed by atoms with van der Waals surface area (Å²) in [5.41, 5.74) is 5.37. The van der Waals surface area contributed by atoms with E-state index in [0.717, 1.165) is 4.90 Å². The van der Waals surface area contributed by atoms with Gasteiger partial charge >= 0.3 is 10.2 Å². The van der Waals surface area contributed by atoms with Crippen LogP contribution in [0, 0.1) is 0 Å². The molecule has 104 valence electrons. The molecule has 7 nitrogen and oxygen atoms in total. The van der Waals surface area contributed by atoms with E-state index in [-0.39, 0.29) is 21.9 Å². The Bertz CT molecular complexity index is 630. The predicted octanol–water partition coefficient (Wildman–Crippen LogP) is 0.770. The molecule has 11 heteroatoms. The fourth-order valence-corrected chi connectivity index (χ4v) is 2.63. The average Bonchev–Trinajstić information content (AvgIpc) is 2.67. The van der Waals surface area contributed by atoms with Gasteiger partial charge < -0.3 is 5.73 Å². The number of carbonyl (C=O) groups is 1. The van der Waals surface area contributed by atoms with Crippen molar-refractivity contribution in [3.8, 4) is 0 Å². The second kappa shape index (κ2) is 4.73. The van der Waals surface area contributed by atoms with Crippen LogP contribution in [0.5, 0.6) is 0 Å². The molecule has 1 aliphatic heterocycles. The van der Waals surface area contributed by atoms with E-state index < -0.39 is 34.3 Å². The van der Waals surface area contributed by atoms with Gasteiger partial charge in [-0.3, -0.25) is 9.69 Å². The topological polar surface area (TPSA) is 106 Å². The Hall–Kier alpha value is -1.19. The van der Waals surface area contributed by atoms with Crippen molar-refractivity contribution in [2.75, 3.05) is 17.2 Å². The highest BCUT2D eigenvalue weighted by molar-refractivity contribution is 7.87. The van der Waals surface area contributed by atoms with E-state index in [1.165, 1.54) is 0 Å². The van der Waals surface area contributed by atoms with Crippen molar-refractivity contribution >= 4 is 51.0 Å². The summed E-state index contributed by atoms with van der Waals surface area (Å²) in [7, 11) is -4.81. The van der Waals surface area contributed by atoms with E-state index in [1.54, 1.807) is 0 Å². The van der Waals surface area contributed by atoms with Gasteiger partial charge in [-0.2, -0.15) is 18.4 Å². The number of aromatic nitrogens is 2. The van der Waals surface area contributed by atoms with Crippen LogP contribution in [0.25, 0.3) is 0 Å². The first-order chi connectivity index (χ1) is 8.70. The minimum absolute atomic E-state index is 0.0617. The fraction of sp³-hybridized carbons (Fsp3) is 0.375. The Morgan fingerprint density at radius 1 is 1.32 bits per heavy atom. The molecule has 0 spiro atoms. The van der Waals surface area contributed by atoms with Gasteiger partial charge in [-0.25, -0.2) is 0 Å². The molecule has 2 N–H and O–H groups in total. The zero-order chi connectivity index (χ0) is 14.4. The zero-order valence-corrected chi connectivity index (χ0v) is 11.5. The minimum Gasteiger partial charge on any atom is -0.394 e. The van der Waals surface area contributed by atoms with Gasteiger partial charge in [-0.15, -0.1) is 3.89 Å². The summed E-state index contributed by atoms with van der Waals surface area (Å²) in [6, 6.07) is 0. The van der Waals surface area contributed by atoms with E-state index in [1.807, 2.05) is 0 Å². The molecule has 0 radical (unpaired) electrons. The average molecular weight is 329 g/mol. The summed E-state index contributed by atoms with van der Waals surface area (Å²) in [6.45, 7) is -0.395. The quantitative estimate of drug-likeness (QED) is 0.634. The molecule has 2 heterocycles. The number of amides is 1. The number of nitrogen functional groups attached to an aromatic ring is 1. The summed E-state index contributed by atoms with van der Waals surface area (Å²) in [6.07, 6.45) is -0.484. The van der Waals surface area contributed by atoms with Gasteiger partial charge in [-0.05, 0) is 0 Å². The summed E-state index contributed by atoms with van der Waals surface area (Å²) >= 11 is 11.4. The minimum atomic E-state index is -4.81. The lowest BCUT2D eigenvalue weighted by molar-refractivity contribution is -0.117. The molecule has 1 unspecified atom stereocenters. The number of rotatable bonds is 2. The highest BCUT2D eigenvalue weighted by Crippen LogP contribution is 2.29. The first-order valence-corrected chi connectivity index (χ1v) is 7.12. The van der Waals surface area contributed by atoms with Crippen LogP contribution >= 0.6 is 23.2 Å². The number of nitrogens with two attached hydrogens (primary N) is 1. The van der Waals surface area contributed by atoms with Gasteiger partial charge in [0.15, 0.2) is 10.3 Å². The fourth-order valence-electron chi connectivity index (χ4n) is 1.58. The lowest BCUT2D eigenvalue weighted by Gasteiger charge is -2.14. The number of nitrogens with zero attached hydrogens (tertiary/aromatic N) is 3. The molecular formula is C8H7Cl2FN4O3S. The van der Waals surface area contributed by atoms with Crippen LogP contribution < -0.4 is 10.6 Å². The third-order valence-electron chi connectivity index (χ3n) is 2.57. The lowest BCUT2D eigenvalue weighted by Crippen LogP contribution is -2.28. The van der Waals surface area contributed by atoms with Crippen molar-refractivity contribution in [2.45, 2.75) is 11.7 Å². The van der Waals surface area contributed by atoms with Gasteiger partial charge in [0, 0.05) is 13.0 Å². The van der Waals surface area contributed by atoms with E-state index in [9.17, 15) is 17.1 Å². The highest BCUT2D eigenvalue weighted by Gasteiger charge is 2.40. The maximum atomic E-state index is 12.9. The normalized spacial score (nSPS) is 20.1. The van der Waals surface area contributed by atoms with Crippen molar-refractivity contribution in [1.29, 1.82) is 0 Å².